The minimum Gasteiger partial charge on any atom is -0.480 e. The van der Waals surface area contributed by atoms with Gasteiger partial charge in [-0.05, 0) is 80.1 Å². The zero-order valence-corrected chi connectivity index (χ0v) is 21.5. The van der Waals surface area contributed by atoms with Crippen molar-refractivity contribution in [1.82, 2.24) is 5.32 Å². The van der Waals surface area contributed by atoms with Crippen LogP contribution < -0.4 is 5.32 Å². The van der Waals surface area contributed by atoms with Crippen LogP contribution in [0.2, 0.25) is 0 Å². The van der Waals surface area contributed by atoms with E-state index < -0.39 is 12.0 Å². The third-order valence-corrected chi connectivity index (χ3v) is 5.80. The fourth-order valence-corrected chi connectivity index (χ4v) is 3.86. The summed E-state index contributed by atoms with van der Waals surface area (Å²) in [5, 5.41) is 20.2. The SMILES string of the molecule is CC(C)=CCC/C(C)=C/CC/C(C)=C/CC/C(C)=C/CSCC(N=C(C)NC#N)C(=O)O. The lowest BCUT2D eigenvalue weighted by molar-refractivity contribution is -0.137. The molecule has 0 heterocycles. The minimum atomic E-state index is -0.976. The summed E-state index contributed by atoms with van der Waals surface area (Å²) in [4.78, 5) is 15.3. The third kappa shape index (κ3) is 17.4. The number of nitriles is 1. The number of hydrogen-bond donors (Lipinski definition) is 2. The van der Waals surface area contributed by atoms with E-state index in [0.29, 0.717) is 11.6 Å². The fraction of sp³-hybridized carbons (Fsp3) is 0.577. The number of nitrogens with one attached hydrogen (secondary N) is 1. The number of allylic oxidation sites excluding steroid dienone is 7. The number of rotatable bonds is 15. The first kappa shape index (κ1) is 29.7. The predicted molar refractivity (Wildman–Crippen MR) is 139 cm³/mol. The number of nitrogens with zero attached hydrogens (tertiary/aromatic N) is 2. The first-order chi connectivity index (χ1) is 15.1. The van der Waals surface area contributed by atoms with Gasteiger partial charge in [-0.2, -0.15) is 17.0 Å². The lowest BCUT2D eigenvalue weighted by atomic mass is 10.0. The summed E-state index contributed by atoms with van der Waals surface area (Å²) in [5.41, 5.74) is 5.61. The summed E-state index contributed by atoms with van der Waals surface area (Å²) in [6.07, 6.45) is 17.4. The smallest absolute Gasteiger partial charge is 0.329 e. The van der Waals surface area contributed by atoms with Crippen molar-refractivity contribution in [3.05, 3.63) is 46.6 Å². The number of aliphatic imine (C=N–C) groups is 1. The Bertz CT molecular complexity index is 766. The van der Waals surface area contributed by atoms with Gasteiger partial charge in [-0.25, -0.2) is 4.79 Å². The van der Waals surface area contributed by atoms with Crippen molar-refractivity contribution in [2.75, 3.05) is 11.5 Å². The average Bonchev–Trinajstić information content (AvgIpc) is 2.70. The maximum atomic E-state index is 11.3. The summed E-state index contributed by atoms with van der Waals surface area (Å²) < 4.78 is 0. The van der Waals surface area contributed by atoms with Gasteiger partial charge in [0.15, 0.2) is 12.2 Å². The first-order valence-corrected chi connectivity index (χ1v) is 12.4. The Labute approximate surface area is 199 Å². The van der Waals surface area contributed by atoms with Crippen LogP contribution in [0.1, 0.15) is 80.1 Å². The van der Waals surface area contributed by atoms with Gasteiger partial charge in [0.2, 0.25) is 0 Å². The van der Waals surface area contributed by atoms with E-state index >= 15 is 0 Å². The molecule has 0 aliphatic heterocycles. The molecule has 0 spiro atoms. The molecule has 0 bridgehead atoms. The Morgan fingerprint density at radius 1 is 0.938 bits per heavy atom. The molecule has 0 aromatic heterocycles. The molecule has 0 aliphatic rings. The summed E-state index contributed by atoms with van der Waals surface area (Å²) in [5.74, 6) is 0.485. The highest BCUT2D eigenvalue weighted by Crippen LogP contribution is 2.14. The van der Waals surface area contributed by atoms with Crippen molar-refractivity contribution in [2.24, 2.45) is 4.99 Å². The molecule has 32 heavy (non-hydrogen) atoms. The molecule has 1 unspecified atom stereocenters. The second-order valence-electron chi connectivity index (χ2n) is 8.39. The van der Waals surface area contributed by atoms with Gasteiger partial charge in [0.1, 0.15) is 5.84 Å². The second-order valence-corrected chi connectivity index (χ2v) is 9.47. The second kappa shape index (κ2) is 18.3. The van der Waals surface area contributed by atoms with Crippen LogP contribution in [0.3, 0.4) is 0 Å². The van der Waals surface area contributed by atoms with Crippen LogP contribution in [0.5, 0.6) is 0 Å². The van der Waals surface area contributed by atoms with Gasteiger partial charge in [0, 0.05) is 11.5 Å². The van der Waals surface area contributed by atoms with E-state index in [9.17, 15) is 9.90 Å². The van der Waals surface area contributed by atoms with Gasteiger partial charge in [-0.15, -0.1) is 0 Å². The van der Waals surface area contributed by atoms with Gasteiger partial charge in [-0.1, -0.05) is 46.6 Å². The number of carboxylic acid groups (broad SMARTS) is 1. The Balaban J connectivity index is 4.25. The van der Waals surface area contributed by atoms with Crippen molar-refractivity contribution in [1.29, 1.82) is 5.26 Å². The third-order valence-electron chi connectivity index (χ3n) is 4.85. The highest BCUT2D eigenvalue weighted by molar-refractivity contribution is 7.99. The summed E-state index contributed by atoms with van der Waals surface area (Å²) in [6.45, 7) is 12.4. The van der Waals surface area contributed by atoms with Crippen molar-refractivity contribution >= 4 is 23.6 Å². The Morgan fingerprint density at radius 2 is 1.44 bits per heavy atom. The van der Waals surface area contributed by atoms with Crippen LogP contribution in [0.25, 0.3) is 0 Å². The molecule has 0 aromatic rings. The summed E-state index contributed by atoms with van der Waals surface area (Å²) in [6, 6.07) is -0.843. The lowest BCUT2D eigenvalue weighted by Gasteiger charge is -2.08. The predicted octanol–water partition coefficient (Wildman–Crippen LogP) is 6.81. The van der Waals surface area contributed by atoms with E-state index in [-0.39, 0.29) is 0 Å². The molecule has 0 saturated carbocycles. The number of carbonyl (C=O) groups is 1. The Kier molecular flexibility index (Phi) is 17.0. The molecule has 0 fully saturated rings. The molecule has 0 radical (unpaired) electrons. The minimum absolute atomic E-state index is 0.323. The summed E-state index contributed by atoms with van der Waals surface area (Å²) in [7, 11) is 0. The van der Waals surface area contributed by atoms with E-state index in [1.807, 2.05) is 0 Å². The number of hydrogen-bond acceptors (Lipinski definition) is 4. The molecule has 1 atom stereocenters. The maximum Gasteiger partial charge on any atom is 0.329 e. The van der Waals surface area contributed by atoms with E-state index in [1.165, 1.54) is 34.1 Å². The Hall–Kier alpha value is -2.26. The number of thioether (sulfide) groups is 1. The molecule has 6 heteroatoms. The zero-order valence-electron chi connectivity index (χ0n) is 20.7. The maximum absolute atomic E-state index is 11.3. The highest BCUT2D eigenvalue weighted by Gasteiger charge is 2.16. The average molecular weight is 460 g/mol. The number of carboxylic acids is 1. The molecule has 2 N–H and O–H groups in total. The quantitative estimate of drug-likeness (QED) is 0.0702. The van der Waals surface area contributed by atoms with Crippen LogP contribution in [0, 0.1) is 11.5 Å². The normalized spacial score (nSPS) is 14.0. The van der Waals surface area contributed by atoms with Crippen molar-refractivity contribution in [2.45, 2.75) is 86.1 Å². The molecule has 0 saturated heterocycles. The first-order valence-electron chi connectivity index (χ1n) is 11.3. The largest absolute Gasteiger partial charge is 0.480 e. The van der Waals surface area contributed by atoms with E-state index in [0.717, 1.165) is 44.3 Å². The van der Waals surface area contributed by atoms with Crippen LogP contribution in [0.4, 0.5) is 0 Å². The molecule has 0 rings (SSSR count). The van der Waals surface area contributed by atoms with E-state index in [2.05, 4.69) is 69.2 Å². The number of aliphatic carboxylic acids is 1. The van der Waals surface area contributed by atoms with Crippen LogP contribution >= 0.6 is 11.8 Å². The molecule has 178 valence electrons. The fourth-order valence-electron chi connectivity index (χ4n) is 2.88. The van der Waals surface area contributed by atoms with E-state index in [1.54, 1.807) is 13.1 Å². The van der Waals surface area contributed by atoms with Crippen LogP contribution in [0.15, 0.2) is 51.6 Å². The van der Waals surface area contributed by atoms with Gasteiger partial charge in [0.25, 0.3) is 0 Å². The van der Waals surface area contributed by atoms with E-state index in [4.69, 9.17) is 5.26 Å². The Morgan fingerprint density at radius 3 is 1.91 bits per heavy atom. The molecule has 0 aliphatic carbocycles. The van der Waals surface area contributed by atoms with Crippen LogP contribution in [-0.2, 0) is 4.79 Å². The monoisotopic (exact) mass is 459 g/mol. The number of amidine groups is 1. The molecular weight excluding hydrogens is 418 g/mol. The topological polar surface area (TPSA) is 85.5 Å². The van der Waals surface area contributed by atoms with Gasteiger partial charge < -0.3 is 5.11 Å². The highest BCUT2D eigenvalue weighted by atomic mass is 32.2. The van der Waals surface area contributed by atoms with Gasteiger partial charge in [-0.3, -0.25) is 10.3 Å². The van der Waals surface area contributed by atoms with Crippen molar-refractivity contribution in [3.8, 4) is 6.19 Å². The molecule has 5 nitrogen and oxygen atoms in total. The lowest BCUT2D eigenvalue weighted by Crippen LogP contribution is -2.25. The van der Waals surface area contributed by atoms with Crippen LogP contribution in [-0.4, -0.2) is 34.5 Å². The van der Waals surface area contributed by atoms with Gasteiger partial charge in [0.05, 0.1) is 0 Å². The van der Waals surface area contributed by atoms with Crippen molar-refractivity contribution in [3.63, 3.8) is 0 Å². The zero-order chi connectivity index (χ0) is 24.4. The molecule has 0 aromatic carbocycles. The van der Waals surface area contributed by atoms with Crippen molar-refractivity contribution < 1.29 is 9.90 Å². The standard InChI is InChI=1S/C26H41N3O2S/c1-20(2)10-7-11-21(3)12-8-13-22(4)14-9-15-23(5)16-17-32-18-25(26(30)31)29-24(6)28-19-27/h10,12,14,16,25H,7-9,11,13,15,17-18H2,1-6H3,(H,28,29)(H,30,31)/b21-12+,22-14+,23-16+. The molecule has 0 amide bonds. The summed E-state index contributed by atoms with van der Waals surface area (Å²) >= 11 is 1.54. The molecular formula is C26H41N3O2S. The van der Waals surface area contributed by atoms with Gasteiger partial charge >= 0.3 is 5.97 Å².